The van der Waals surface area contributed by atoms with Gasteiger partial charge in [-0.05, 0) is 65.0 Å². The molecule has 0 amide bonds. The van der Waals surface area contributed by atoms with Crippen molar-refractivity contribution in [3.8, 4) is 0 Å². The molecule has 30 heavy (non-hydrogen) atoms. The highest BCUT2D eigenvalue weighted by molar-refractivity contribution is 14.1. The van der Waals surface area contributed by atoms with Crippen molar-refractivity contribution in [2.24, 2.45) is 0 Å². The minimum absolute atomic E-state index is 0.498. The summed E-state index contributed by atoms with van der Waals surface area (Å²) in [5.41, 5.74) is 6.07. The maximum Gasteiger partial charge on any atom is 0.138 e. The van der Waals surface area contributed by atoms with Crippen LogP contribution in [0.1, 0.15) is 47.2 Å². The number of fused-ring (bicyclic) bond motifs is 1. The van der Waals surface area contributed by atoms with Crippen LogP contribution in [0.5, 0.6) is 0 Å². The third-order valence-electron chi connectivity index (χ3n) is 6.27. The van der Waals surface area contributed by atoms with Crippen molar-refractivity contribution >= 4 is 22.6 Å². The summed E-state index contributed by atoms with van der Waals surface area (Å²) in [5.74, 6) is 0. The summed E-state index contributed by atoms with van der Waals surface area (Å²) in [6.45, 7) is 0. The lowest BCUT2D eigenvalue weighted by atomic mass is 9.76. The largest absolute Gasteiger partial charge is 0.249 e. The zero-order valence-electron chi connectivity index (χ0n) is 17.0. The van der Waals surface area contributed by atoms with E-state index in [1.807, 2.05) is 0 Å². The van der Waals surface area contributed by atoms with E-state index >= 15 is 0 Å². The predicted octanol–water partition coefficient (Wildman–Crippen LogP) is 6.60. The van der Waals surface area contributed by atoms with Gasteiger partial charge in [0.15, 0.2) is 0 Å². The lowest BCUT2D eigenvalue weighted by Crippen LogP contribution is -2.40. The number of halogens is 1. The van der Waals surface area contributed by atoms with Crippen LogP contribution in [0.4, 0.5) is 0 Å². The van der Waals surface area contributed by atoms with Gasteiger partial charge in [-0.2, -0.15) is 5.10 Å². The van der Waals surface area contributed by atoms with Gasteiger partial charge in [0.2, 0.25) is 0 Å². The van der Waals surface area contributed by atoms with Crippen LogP contribution in [-0.2, 0) is 18.4 Å². The number of nitrogens with zero attached hydrogens (tertiary/aromatic N) is 2. The molecule has 3 heteroatoms. The third-order valence-corrected chi connectivity index (χ3v) is 7.14. The van der Waals surface area contributed by atoms with Gasteiger partial charge in [-0.3, -0.25) is 0 Å². The lowest BCUT2D eigenvalue weighted by Gasteiger charge is -2.37. The molecule has 1 aromatic heterocycles. The summed E-state index contributed by atoms with van der Waals surface area (Å²) >= 11 is 2.45. The molecular formula is C27H25IN2. The standard InChI is InChI=1S/C27H25IN2/c28-26-24-19-11-4-12-20-25(24)30(29-26)27(21-13-5-1-6-14-21,22-15-7-2-8-16-22)23-17-9-3-10-18-23/h1-3,5-10,13-18H,4,11-12,19-20H2. The summed E-state index contributed by atoms with van der Waals surface area (Å²) in [6, 6.07) is 32.6. The Bertz CT molecular complexity index is 1020. The Labute approximate surface area is 192 Å². The molecule has 1 aliphatic rings. The monoisotopic (exact) mass is 504 g/mol. The first-order valence-electron chi connectivity index (χ1n) is 10.7. The van der Waals surface area contributed by atoms with Gasteiger partial charge in [0.05, 0.1) is 0 Å². The second-order valence-corrected chi connectivity index (χ2v) is 9.02. The van der Waals surface area contributed by atoms with E-state index in [4.69, 9.17) is 5.10 Å². The summed E-state index contributed by atoms with van der Waals surface area (Å²) in [6.07, 6.45) is 5.98. The van der Waals surface area contributed by atoms with Crippen LogP contribution in [-0.4, -0.2) is 9.78 Å². The first-order chi connectivity index (χ1) is 14.8. The van der Waals surface area contributed by atoms with E-state index in [9.17, 15) is 0 Å². The fourth-order valence-electron chi connectivity index (χ4n) is 4.91. The lowest BCUT2D eigenvalue weighted by molar-refractivity contribution is 0.438. The van der Waals surface area contributed by atoms with Crippen LogP contribution in [0, 0.1) is 3.70 Å². The van der Waals surface area contributed by atoms with Crippen LogP contribution in [0.15, 0.2) is 91.0 Å². The van der Waals surface area contributed by atoms with Gasteiger partial charge in [-0.15, -0.1) is 0 Å². The highest BCUT2D eigenvalue weighted by atomic mass is 127. The van der Waals surface area contributed by atoms with Gasteiger partial charge < -0.3 is 0 Å². The molecule has 1 aliphatic carbocycles. The van der Waals surface area contributed by atoms with E-state index in [1.165, 1.54) is 47.2 Å². The molecule has 5 rings (SSSR count). The number of benzene rings is 3. The van der Waals surface area contributed by atoms with Gasteiger partial charge >= 0.3 is 0 Å². The van der Waals surface area contributed by atoms with Crippen molar-refractivity contribution in [1.82, 2.24) is 9.78 Å². The molecule has 150 valence electrons. The van der Waals surface area contributed by atoms with Gasteiger partial charge in [0.1, 0.15) is 9.24 Å². The Hall–Kier alpha value is -2.40. The first-order valence-corrected chi connectivity index (χ1v) is 11.8. The summed E-state index contributed by atoms with van der Waals surface area (Å²) in [7, 11) is 0. The van der Waals surface area contributed by atoms with Gasteiger partial charge in [0, 0.05) is 11.3 Å². The fraction of sp³-hybridized carbons (Fsp3) is 0.222. The minimum atomic E-state index is -0.498. The molecule has 4 aromatic rings. The van der Waals surface area contributed by atoms with Crippen LogP contribution in [0.2, 0.25) is 0 Å². The molecule has 0 N–H and O–H groups in total. The van der Waals surface area contributed by atoms with Gasteiger partial charge in [-0.1, -0.05) is 97.4 Å². The Morgan fingerprint density at radius 3 is 1.60 bits per heavy atom. The average molecular weight is 504 g/mol. The number of aromatic nitrogens is 2. The van der Waals surface area contributed by atoms with Crippen molar-refractivity contribution in [1.29, 1.82) is 0 Å². The normalized spacial score (nSPS) is 14.2. The molecular weight excluding hydrogens is 479 g/mol. The van der Waals surface area contributed by atoms with Gasteiger partial charge in [-0.25, -0.2) is 4.68 Å². The minimum Gasteiger partial charge on any atom is -0.249 e. The molecule has 2 nitrogen and oxygen atoms in total. The molecule has 0 bridgehead atoms. The van der Waals surface area contributed by atoms with Crippen LogP contribution < -0.4 is 0 Å². The Morgan fingerprint density at radius 1 is 0.633 bits per heavy atom. The summed E-state index contributed by atoms with van der Waals surface area (Å²) < 4.78 is 3.51. The smallest absolute Gasteiger partial charge is 0.138 e. The maximum atomic E-state index is 5.24. The SMILES string of the molecule is Ic1nn(C(c2ccccc2)(c2ccccc2)c2ccccc2)c2c1CCCCC2. The molecule has 0 saturated heterocycles. The molecule has 0 aliphatic heterocycles. The van der Waals surface area contributed by atoms with E-state index in [1.54, 1.807) is 0 Å². The van der Waals surface area contributed by atoms with E-state index < -0.39 is 5.54 Å². The van der Waals surface area contributed by atoms with E-state index in [0.29, 0.717) is 0 Å². The third kappa shape index (κ3) is 3.20. The Morgan fingerprint density at radius 2 is 1.10 bits per heavy atom. The quantitative estimate of drug-likeness (QED) is 0.174. The van der Waals surface area contributed by atoms with Crippen molar-refractivity contribution in [2.45, 2.75) is 37.6 Å². The Kier molecular flexibility index (Phi) is 5.47. The Balaban J connectivity index is 1.91. The molecule has 0 unspecified atom stereocenters. The van der Waals surface area contributed by atoms with Crippen molar-refractivity contribution < 1.29 is 0 Å². The highest BCUT2D eigenvalue weighted by Crippen LogP contribution is 2.43. The number of rotatable bonds is 4. The van der Waals surface area contributed by atoms with E-state index in [2.05, 4.69) is 118 Å². The topological polar surface area (TPSA) is 17.8 Å². The maximum absolute atomic E-state index is 5.24. The molecule has 1 heterocycles. The van der Waals surface area contributed by atoms with Crippen molar-refractivity contribution in [3.05, 3.63) is 123 Å². The predicted molar refractivity (Wildman–Crippen MR) is 131 cm³/mol. The molecule has 3 aromatic carbocycles. The van der Waals surface area contributed by atoms with Crippen LogP contribution in [0.25, 0.3) is 0 Å². The molecule has 0 saturated carbocycles. The second kappa shape index (κ2) is 8.38. The average Bonchev–Trinajstić information content (AvgIpc) is 2.97. The first kappa shape index (κ1) is 19.6. The van der Waals surface area contributed by atoms with Gasteiger partial charge in [0.25, 0.3) is 0 Å². The highest BCUT2D eigenvalue weighted by Gasteiger charge is 2.41. The van der Waals surface area contributed by atoms with Crippen LogP contribution >= 0.6 is 22.6 Å². The van der Waals surface area contributed by atoms with Crippen molar-refractivity contribution in [2.75, 3.05) is 0 Å². The van der Waals surface area contributed by atoms with Crippen molar-refractivity contribution in [3.63, 3.8) is 0 Å². The molecule has 0 fully saturated rings. The summed E-state index contributed by atoms with van der Waals surface area (Å²) in [4.78, 5) is 0. The zero-order chi connectivity index (χ0) is 20.4. The summed E-state index contributed by atoms with van der Waals surface area (Å²) in [5, 5.41) is 5.24. The molecule has 0 radical (unpaired) electrons. The van der Waals surface area contributed by atoms with E-state index in [-0.39, 0.29) is 0 Å². The van der Waals surface area contributed by atoms with Crippen LogP contribution in [0.3, 0.4) is 0 Å². The fourth-order valence-corrected chi connectivity index (χ4v) is 5.71. The molecule has 0 spiro atoms. The van der Waals surface area contributed by atoms with E-state index in [0.717, 1.165) is 16.5 Å². The second-order valence-electron chi connectivity index (χ2n) is 8.00. The number of hydrogen-bond donors (Lipinski definition) is 0. The zero-order valence-corrected chi connectivity index (χ0v) is 19.1. The number of hydrogen-bond acceptors (Lipinski definition) is 1. The molecule has 0 atom stereocenters.